The van der Waals surface area contributed by atoms with Gasteiger partial charge in [-0.3, -0.25) is 14.6 Å². The molecule has 2 amide bonds. The van der Waals surface area contributed by atoms with Gasteiger partial charge in [0.1, 0.15) is 11.0 Å². The first-order valence-electron chi connectivity index (χ1n) is 9.72. The van der Waals surface area contributed by atoms with E-state index in [1.807, 2.05) is 37.3 Å². The van der Waals surface area contributed by atoms with Crippen LogP contribution in [0.2, 0.25) is 0 Å². The first-order valence-corrected chi connectivity index (χ1v) is 10.6. The summed E-state index contributed by atoms with van der Waals surface area (Å²) >= 11 is 1.31. The monoisotopic (exact) mass is 411 g/mol. The Labute approximate surface area is 175 Å². The molecule has 1 aliphatic heterocycles. The zero-order chi connectivity index (χ0) is 20.5. The van der Waals surface area contributed by atoms with Crippen LogP contribution >= 0.6 is 11.8 Å². The fraction of sp³-hybridized carbons (Fsp3) is 0.318. The number of anilines is 1. The van der Waals surface area contributed by atoms with Crippen molar-refractivity contribution in [2.24, 2.45) is 4.99 Å². The third-order valence-corrected chi connectivity index (χ3v) is 5.38. The number of hydrogen-bond acceptors (Lipinski definition) is 5. The van der Waals surface area contributed by atoms with E-state index < -0.39 is 5.25 Å². The molecule has 152 valence electrons. The molecule has 2 aromatic rings. The second-order valence-electron chi connectivity index (χ2n) is 6.64. The van der Waals surface area contributed by atoms with Crippen LogP contribution in [-0.2, 0) is 16.0 Å². The molecule has 0 radical (unpaired) electrons. The third-order valence-electron chi connectivity index (χ3n) is 4.26. The van der Waals surface area contributed by atoms with Crippen LogP contribution in [0.25, 0.3) is 0 Å². The van der Waals surface area contributed by atoms with Crippen molar-refractivity contribution >= 4 is 34.4 Å². The van der Waals surface area contributed by atoms with Crippen molar-refractivity contribution < 1.29 is 14.3 Å². The fourth-order valence-corrected chi connectivity index (χ4v) is 3.78. The molecule has 29 heavy (non-hydrogen) atoms. The Bertz CT molecular complexity index is 853. The number of aliphatic imine (C=N–C) groups is 1. The van der Waals surface area contributed by atoms with E-state index in [2.05, 4.69) is 27.8 Å². The smallest absolute Gasteiger partial charge is 0.240 e. The second kappa shape index (κ2) is 10.7. The first kappa shape index (κ1) is 20.9. The number of carbonyl (C=O) groups is 2. The van der Waals surface area contributed by atoms with E-state index in [1.165, 1.54) is 17.3 Å². The summed E-state index contributed by atoms with van der Waals surface area (Å²) in [5.41, 5.74) is 1.88. The van der Waals surface area contributed by atoms with E-state index in [9.17, 15) is 9.59 Å². The zero-order valence-corrected chi connectivity index (χ0v) is 17.2. The molecule has 3 rings (SSSR count). The molecule has 0 spiro atoms. The van der Waals surface area contributed by atoms with Gasteiger partial charge in [-0.25, -0.2) is 0 Å². The summed E-state index contributed by atoms with van der Waals surface area (Å²) in [7, 11) is 0. The van der Waals surface area contributed by atoms with Gasteiger partial charge in [0.15, 0.2) is 5.17 Å². The van der Waals surface area contributed by atoms with Crippen molar-refractivity contribution in [3.8, 4) is 5.75 Å². The Kier molecular flexibility index (Phi) is 7.69. The summed E-state index contributed by atoms with van der Waals surface area (Å²) in [6.45, 7) is 3.30. The summed E-state index contributed by atoms with van der Waals surface area (Å²) in [4.78, 5) is 28.9. The van der Waals surface area contributed by atoms with E-state index in [0.717, 1.165) is 18.6 Å². The molecule has 0 saturated carbocycles. The Hall–Kier alpha value is -2.80. The number of ether oxygens (including phenoxy) is 1. The van der Waals surface area contributed by atoms with Crippen molar-refractivity contribution in [2.75, 3.05) is 18.5 Å². The van der Waals surface area contributed by atoms with E-state index in [-0.39, 0.29) is 18.2 Å². The normalized spacial score (nSPS) is 17.2. The molecule has 2 N–H and O–H groups in total. The van der Waals surface area contributed by atoms with Gasteiger partial charge in [-0.05, 0) is 42.7 Å². The topological polar surface area (TPSA) is 79.8 Å². The van der Waals surface area contributed by atoms with E-state index in [4.69, 9.17) is 4.74 Å². The van der Waals surface area contributed by atoms with Gasteiger partial charge in [0.25, 0.3) is 0 Å². The number of nitrogens with one attached hydrogen (secondary N) is 2. The van der Waals surface area contributed by atoms with Crippen molar-refractivity contribution in [3.05, 3.63) is 60.2 Å². The molecule has 7 heteroatoms. The van der Waals surface area contributed by atoms with Crippen LogP contribution in [0.5, 0.6) is 5.75 Å². The van der Waals surface area contributed by atoms with Crippen LogP contribution in [-0.4, -0.2) is 35.4 Å². The minimum absolute atomic E-state index is 0.0995. The summed E-state index contributed by atoms with van der Waals surface area (Å²) in [6, 6.07) is 17.3. The summed E-state index contributed by atoms with van der Waals surface area (Å²) in [5, 5.41) is 5.71. The van der Waals surface area contributed by atoms with Crippen LogP contribution in [0.4, 0.5) is 5.69 Å². The van der Waals surface area contributed by atoms with E-state index >= 15 is 0 Å². The lowest BCUT2D eigenvalue weighted by Crippen LogP contribution is -2.28. The average molecular weight is 412 g/mol. The van der Waals surface area contributed by atoms with E-state index in [0.29, 0.717) is 24.0 Å². The Morgan fingerprint density at radius 2 is 1.93 bits per heavy atom. The van der Waals surface area contributed by atoms with Crippen molar-refractivity contribution in [1.82, 2.24) is 5.32 Å². The fourth-order valence-electron chi connectivity index (χ4n) is 2.78. The van der Waals surface area contributed by atoms with Gasteiger partial charge in [0.2, 0.25) is 11.8 Å². The van der Waals surface area contributed by atoms with Gasteiger partial charge in [0.05, 0.1) is 6.61 Å². The molecule has 1 saturated heterocycles. The lowest BCUT2D eigenvalue weighted by atomic mass is 10.2. The molecule has 1 unspecified atom stereocenters. The lowest BCUT2D eigenvalue weighted by Gasteiger charge is -2.09. The number of amidine groups is 1. The highest BCUT2D eigenvalue weighted by Gasteiger charge is 2.31. The molecule has 1 heterocycles. The number of thioether (sulfide) groups is 1. The largest absolute Gasteiger partial charge is 0.494 e. The van der Waals surface area contributed by atoms with Crippen LogP contribution in [0, 0.1) is 0 Å². The number of rotatable bonds is 9. The number of hydrogen-bond donors (Lipinski definition) is 2. The average Bonchev–Trinajstić information content (AvgIpc) is 3.07. The highest BCUT2D eigenvalue weighted by atomic mass is 32.2. The van der Waals surface area contributed by atoms with Crippen molar-refractivity contribution in [2.45, 2.75) is 31.4 Å². The summed E-state index contributed by atoms with van der Waals surface area (Å²) < 4.78 is 5.53. The molecule has 1 fully saturated rings. The molecule has 6 nitrogen and oxygen atoms in total. The Morgan fingerprint density at radius 1 is 1.17 bits per heavy atom. The summed E-state index contributed by atoms with van der Waals surface area (Å²) in [5.74, 6) is 0.393. The quantitative estimate of drug-likeness (QED) is 0.660. The highest BCUT2D eigenvalue weighted by molar-refractivity contribution is 8.15. The first-order chi connectivity index (χ1) is 14.1. The minimum Gasteiger partial charge on any atom is -0.494 e. The second-order valence-corrected chi connectivity index (χ2v) is 7.83. The van der Waals surface area contributed by atoms with Crippen molar-refractivity contribution in [1.29, 1.82) is 0 Å². The predicted molar refractivity (Wildman–Crippen MR) is 117 cm³/mol. The van der Waals surface area contributed by atoms with Gasteiger partial charge < -0.3 is 15.4 Å². The lowest BCUT2D eigenvalue weighted by molar-refractivity contribution is -0.122. The van der Waals surface area contributed by atoms with Crippen LogP contribution < -0.4 is 15.4 Å². The Morgan fingerprint density at radius 3 is 2.66 bits per heavy atom. The molecule has 0 bridgehead atoms. The maximum atomic E-state index is 12.3. The minimum atomic E-state index is -0.461. The predicted octanol–water partition coefficient (Wildman–Crippen LogP) is 3.63. The van der Waals surface area contributed by atoms with Gasteiger partial charge in [-0.15, -0.1) is 0 Å². The third kappa shape index (κ3) is 6.64. The molecular weight excluding hydrogens is 386 g/mol. The zero-order valence-electron chi connectivity index (χ0n) is 16.4. The standard InChI is InChI=1S/C22H25N3O3S/c1-2-14-28-18-10-8-17(9-11-18)24-20(26)15-19-21(27)25-22(29-19)23-13-12-16-6-4-3-5-7-16/h3-11,19H,2,12-15H2,1H3,(H,24,26)(H,23,25,27). The van der Waals surface area contributed by atoms with Crippen LogP contribution in [0.15, 0.2) is 59.6 Å². The molecular formula is C22H25N3O3S. The van der Waals surface area contributed by atoms with Crippen LogP contribution in [0.1, 0.15) is 25.3 Å². The maximum absolute atomic E-state index is 12.3. The number of benzene rings is 2. The highest BCUT2D eigenvalue weighted by Crippen LogP contribution is 2.23. The molecule has 0 aliphatic carbocycles. The summed E-state index contributed by atoms with van der Waals surface area (Å²) in [6.07, 6.45) is 1.85. The maximum Gasteiger partial charge on any atom is 0.240 e. The number of carbonyl (C=O) groups excluding carboxylic acids is 2. The Balaban J connectivity index is 1.45. The molecule has 1 atom stereocenters. The SMILES string of the molecule is CCCOc1ccc(NC(=O)CC2SC(=NCCc3ccccc3)NC2=O)cc1. The number of amides is 2. The van der Waals surface area contributed by atoms with Gasteiger partial charge in [-0.1, -0.05) is 49.0 Å². The van der Waals surface area contributed by atoms with Crippen LogP contribution in [0.3, 0.4) is 0 Å². The van der Waals surface area contributed by atoms with Gasteiger partial charge >= 0.3 is 0 Å². The molecule has 0 aromatic heterocycles. The molecule has 2 aromatic carbocycles. The van der Waals surface area contributed by atoms with Gasteiger partial charge in [0, 0.05) is 18.7 Å². The van der Waals surface area contributed by atoms with E-state index in [1.54, 1.807) is 12.1 Å². The van der Waals surface area contributed by atoms with Gasteiger partial charge in [-0.2, -0.15) is 0 Å². The number of nitrogens with zero attached hydrogens (tertiary/aromatic N) is 1. The van der Waals surface area contributed by atoms with Crippen molar-refractivity contribution in [3.63, 3.8) is 0 Å². The molecule has 1 aliphatic rings.